The number of carbonyl (C=O) groups is 2. The van der Waals surface area contributed by atoms with Gasteiger partial charge in [-0.1, -0.05) is 23.5 Å². The summed E-state index contributed by atoms with van der Waals surface area (Å²) in [6.07, 6.45) is 0. The molecule has 2 amide bonds. The SMILES string of the molecule is COc1ccc(-c2nc(C(N)=O)c(NC(=O)c3ccc(CN4CCN(C)CC4)cc3)s2)cc1. The van der Waals surface area contributed by atoms with Gasteiger partial charge in [0.15, 0.2) is 5.69 Å². The van der Waals surface area contributed by atoms with Crippen molar-refractivity contribution in [3.8, 4) is 16.3 Å². The van der Waals surface area contributed by atoms with Crippen molar-refractivity contribution in [1.82, 2.24) is 14.8 Å². The molecule has 3 aromatic rings. The number of benzene rings is 2. The first-order chi connectivity index (χ1) is 15.9. The van der Waals surface area contributed by atoms with Crippen molar-refractivity contribution in [3.63, 3.8) is 0 Å². The smallest absolute Gasteiger partial charge is 0.270 e. The van der Waals surface area contributed by atoms with Gasteiger partial charge in [-0.05, 0) is 49.0 Å². The van der Waals surface area contributed by atoms with E-state index in [1.165, 1.54) is 11.3 Å². The first kappa shape index (κ1) is 22.9. The molecule has 0 radical (unpaired) electrons. The molecule has 8 nitrogen and oxygen atoms in total. The number of hydrogen-bond acceptors (Lipinski definition) is 7. The number of aromatic nitrogens is 1. The van der Waals surface area contributed by atoms with Gasteiger partial charge in [0.2, 0.25) is 0 Å². The van der Waals surface area contributed by atoms with Crippen LogP contribution in [0.4, 0.5) is 5.00 Å². The van der Waals surface area contributed by atoms with E-state index in [4.69, 9.17) is 10.5 Å². The number of nitrogens with zero attached hydrogens (tertiary/aromatic N) is 3. The predicted molar refractivity (Wildman–Crippen MR) is 130 cm³/mol. The molecule has 0 aliphatic carbocycles. The van der Waals surface area contributed by atoms with Crippen molar-refractivity contribution in [2.45, 2.75) is 6.54 Å². The largest absolute Gasteiger partial charge is 0.497 e. The van der Waals surface area contributed by atoms with E-state index < -0.39 is 5.91 Å². The van der Waals surface area contributed by atoms with E-state index in [0.717, 1.165) is 49.6 Å². The number of nitrogens with one attached hydrogen (secondary N) is 1. The standard InChI is InChI=1S/C24H27N5O3S/c1-28-11-13-29(14-12-28)15-16-3-5-17(6-4-16)22(31)27-24-20(21(25)30)26-23(33-24)18-7-9-19(32-2)10-8-18/h3-10H,11-15H2,1-2H3,(H2,25,30)(H,27,31). The number of primary amides is 1. The van der Waals surface area contributed by atoms with Crippen molar-refractivity contribution in [2.24, 2.45) is 5.73 Å². The number of rotatable bonds is 7. The molecular weight excluding hydrogens is 438 g/mol. The Morgan fingerprint density at radius 2 is 1.73 bits per heavy atom. The topological polar surface area (TPSA) is 101 Å². The molecule has 2 heterocycles. The zero-order chi connectivity index (χ0) is 23.4. The average molecular weight is 466 g/mol. The number of likely N-dealkylation sites (N-methyl/N-ethyl adjacent to an activating group) is 1. The lowest BCUT2D eigenvalue weighted by atomic mass is 10.1. The van der Waals surface area contributed by atoms with Crippen LogP contribution in [0, 0.1) is 0 Å². The number of ether oxygens (including phenoxy) is 1. The van der Waals surface area contributed by atoms with Crippen LogP contribution < -0.4 is 15.8 Å². The van der Waals surface area contributed by atoms with Crippen LogP contribution in [-0.2, 0) is 6.54 Å². The second kappa shape index (κ2) is 10.1. The number of hydrogen-bond donors (Lipinski definition) is 2. The molecule has 0 bridgehead atoms. The van der Waals surface area contributed by atoms with E-state index in [1.807, 2.05) is 36.4 Å². The van der Waals surface area contributed by atoms with Crippen LogP contribution >= 0.6 is 11.3 Å². The van der Waals surface area contributed by atoms with E-state index in [9.17, 15) is 9.59 Å². The highest BCUT2D eigenvalue weighted by Gasteiger charge is 2.20. The summed E-state index contributed by atoms with van der Waals surface area (Å²) in [5, 5.41) is 3.72. The zero-order valence-corrected chi connectivity index (χ0v) is 19.5. The van der Waals surface area contributed by atoms with Crippen molar-refractivity contribution in [3.05, 3.63) is 65.4 Å². The highest BCUT2D eigenvalue weighted by atomic mass is 32.1. The van der Waals surface area contributed by atoms with Crippen LogP contribution in [0.3, 0.4) is 0 Å². The second-order valence-electron chi connectivity index (χ2n) is 8.02. The fraction of sp³-hybridized carbons (Fsp3) is 0.292. The van der Waals surface area contributed by atoms with Gasteiger partial charge in [0.05, 0.1) is 7.11 Å². The molecule has 0 unspecified atom stereocenters. The molecule has 1 fully saturated rings. The zero-order valence-electron chi connectivity index (χ0n) is 18.7. The molecule has 0 atom stereocenters. The van der Waals surface area contributed by atoms with Gasteiger partial charge in [-0.3, -0.25) is 14.5 Å². The lowest BCUT2D eigenvalue weighted by Crippen LogP contribution is -2.43. The van der Waals surface area contributed by atoms with Gasteiger partial charge in [-0.2, -0.15) is 0 Å². The molecule has 172 valence electrons. The summed E-state index contributed by atoms with van der Waals surface area (Å²) in [5.41, 5.74) is 8.03. The summed E-state index contributed by atoms with van der Waals surface area (Å²) < 4.78 is 5.18. The number of carbonyl (C=O) groups excluding carboxylic acids is 2. The summed E-state index contributed by atoms with van der Waals surface area (Å²) in [6, 6.07) is 14.8. The van der Waals surface area contributed by atoms with Gasteiger partial charge in [0, 0.05) is 43.9 Å². The molecule has 1 aromatic heterocycles. The van der Waals surface area contributed by atoms with Crippen LogP contribution in [0.25, 0.3) is 10.6 Å². The third-order valence-corrected chi connectivity index (χ3v) is 6.66. The van der Waals surface area contributed by atoms with Crippen molar-refractivity contribution < 1.29 is 14.3 Å². The van der Waals surface area contributed by atoms with Gasteiger partial charge in [-0.25, -0.2) is 4.98 Å². The highest BCUT2D eigenvalue weighted by molar-refractivity contribution is 7.19. The van der Waals surface area contributed by atoms with Crippen molar-refractivity contribution in [1.29, 1.82) is 0 Å². The van der Waals surface area contributed by atoms with Gasteiger partial charge >= 0.3 is 0 Å². The summed E-state index contributed by atoms with van der Waals surface area (Å²) in [5.74, 6) is -0.285. The van der Waals surface area contributed by atoms with E-state index in [1.54, 1.807) is 19.2 Å². The van der Waals surface area contributed by atoms with Crippen molar-refractivity contribution in [2.75, 3.05) is 45.7 Å². The molecule has 9 heteroatoms. The van der Waals surface area contributed by atoms with Crippen LogP contribution in [0.2, 0.25) is 0 Å². The number of anilines is 1. The molecule has 33 heavy (non-hydrogen) atoms. The molecule has 4 rings (SSSR count). The fourth-order valence-corrected chi connectivity index (χ4v) is 4.60. The third kappa shape index (κ3) is 5.57. The van der Waals surface area contributed by atoms with E-state index >= 15 is 0 Å². The maximum absolute atomic E-state index is 12.8. The molecule has 1 aliphatic rings. The van der Waals surface area contributed by atoms with Gasteiger partial charge in [-0.15, -0.1) is 0 Å². The van der Waals surface area contributed by atoms with Crippen LogP contribution in [0.15, 0.2) is 48.5 Å². The second-order valence-corrected chi connectivity index (χ2v) is 9.02. The van der Waals surface area contributed by atoms with Crippen LogP contribution in [-0.4, -0.2) is 66.9 Å². The Morgan fingerprint density at radius 3 is 2.33 bits per heavy atom. The van der Waals surface area contributed by atoms with Gasteiger partial charge < -0.3 is 20.7 Å². The molecule has 2 aromatic carbocycles. The maximum atomic E-state index is 12.8. The minimum atomic E-state index is -0.691. The first-order valence-corrected chi connectivity index (χ1v) is 11.5. The average Bonchev–Trinajstić information content (AvgIpc) is 3.25. The number of nitrogens with two attached hydrogens (primary N) is 1. The Bertz CT molecular complexity index is 1120. The molecule has 1 saturated heterocycles. The normalized spacial score (nSPS) is 14.7. The van der Waals surface area contributed by atoms with E-state index in [0.29, 0.717) is 15.6 Å². The monoisotopic (exact) mass is 465 g/mol. The number of amides is 2. The lowest BCUT2D eigenvalue weighted by Gasteiger charge is -2.32. The number of piperazine rings is 1. The Morgan fingerprint density at radius 1 is 1.06 bits per heavy atom. The van der Waals surface area contributed by atoms with E-state index in [-0.39, 0.29) is 11.6 Å². The molecule has 3 N–H and O–H groups in total. The quantitative estimate of drug-likeness (QED) is 0.557. The minimum Gasteiger partial charge on any atom is -0.497 e. The summed E-state index contributed by atoms with van der Waals surface area (Å²) in [6.45, 7) is 5.07. The molecule has 0 saturated carbocycles. The first-order valence-electron chi connectivity index (χ1n) is 10.7. The van der Waals surface area contributed by atoms with Crippen LogP contribution in [0.5, 0.6) is 5.75 Å². The third-order valence-electron chi connectivity index (χ3n) is 5.64. The van der Waals surface area contributed by atoms with Crippen LogP contribution in [0.1, 0.15) is 26.4 Å². The summed E-state index contributed by atoms with van der Waals surface area (Å²) in [7, 11) is 3.73. The molecular formula is C24H27N5O3S. The highest BCUT2D eigenvalue weighted by Crippen LogP contribution is 2.33. The maximum Gasteiger partial charge on any atom is 0.270 e. The Hall–Kier alpha value is -3.27. The molecule has 1 aliphatic heterocycles. The molecule has 0 spiro atoms. The fourth-order valence-electron chi connectivity index (χ4n) is 3.63. The van der Waals surface area contributed by atoms with Crippen molar-refractivity contribution >= 4 is 28.2 Å². The van der Waals surface area contributed by atoms with Gasteiger partial charge in [0.25, 0.3) is 11.8 Å². The summed E-state index contributed by atoms with van der Waals surface area (Å²) in [4.78, 5) is 33.8. The Balaban J connectivity index is 1.46. The van der Waals surface area contributed by atoms with E-state index in [2.05, 4.69) is 27.1 Å². The van der Waals surface area contributed by atoms with Gasteiger partial charge in [0.1, 0.15) is 15.8 Å². The minimum absolute atomic E-state index is 0.0471. The number of methoxy groups -OCH3 is 1. The lowest BCUT2D eigenvalue weighted by molar-refractivity contribution is 0.0997. The Kier molecular flexibility index (Phi) is 7.02. The number of thiazole rings is 1. The predicted octanol–water partition coefficient (Wildman–Crippen LogP) is 2.92. The summed E-state index contributed by atoms with van der Waals surface area (Å²) >= 11 is 1.21. The Labute approximate surface area is 197 Å².